The van der Waals surface area contributed by atoms with Gasteiger partial charge in [0.1, 0.15) is 0 Å². The highest BCUT2D eigenvalue weighted by Gasteiger charge is 2.26. The lowest BCUT2D eigenvalue weighted by molar-refractivity contribution is 0.0683. The Balaban J connectivity index is 1.92. The molecule has 0 unspecified atom stereocenters. The maximum absolute atomic E-state index is 13.1. The van der Waals surface area contributed by atoms with E-state index >= 15 is 0 Å². The van der Waals surface area contributed by atoms with E-state index in [4.69, 9.17) is 0 Å². The lowest BCUT2D eigenvalue weighted by Crippen LogP contribution is -2.39. The Kier molecular flexibility index (Phi) is 5.79. The minimum atomic E-state index is -3.70. The molecular weight excluding hydrogens is 372 g/mol. The van der Waals surface area contributed by atoms with Crippen LogP contribution in [0.5, 0.6) is 0 Å². The second kappa shape index (κ2) is 7.95. The molecule has 150 valence electrons. The summed E-state index contributed by atoms with van der Waals surface area (Å²) < 4.78 is 27.4. The molecule has 0 bridgehead atoms. The van der Waals surface area contributed by atoms with E-state index in [0.717, 1.165) is 37.1 Å². The highest BCUT2D eigenvalue weighted by atomic mass is 32.2. The van der Waals surface area contributed by atoms with Crippen LogP contribution < -0.4 is 4.31 Å². The highest BCUT2D eigenvalue weighted by Crippen LogP contribution is 2.28. The van der Waals surface area contributed by atoms with E-state index in [-0.39, 0.29) is 10.8 Å². The molecule has 1 saturated heterocycles. The molecule has 28 heavy (non-hydrogen) atoms. The van der Waals surface area contributed by atoms with Gasteiger partial charge in [0.05, 0.1) is 10.6 Å². The molecule has 0 spiro atoms. The van der Waals surface area contributed by atoms with Gasteiger partial charge >= 0.3 is 0 Å². The first-order chi connectivity index (χ1) is 13.2. The van der Waals surface area contributed by atoms with Gasteiger partial charge in [-0.3, -0.25) is 9.10 Å². The Morgan fingerprint density at radius 2 is 1.79 bits per heavy atom. The van der Waals surface area contributed by atoms with Crippen molar-refractivity contribution in [3.63, 3.8) is 0 Å². The molecule has 1 amide bonds. The van der Waals surface area contributed by atoms with Gasteiger partial charge in [0.15, 0.2) is 0 Å². The van der Waals surface area contributed by atoms with Gasteiger partial charge < -0.3 is 4.90 Å². The summed E-state index contributed by atoms with van der Waals surface area (Å²) >= 11 is 0. The van der Waals surface area contributed by atoms with E-state index in [9.17, 15) is 13.2 Å². The summed E-state index contributed by atoms with van der Waals surface area (Å²) in [5.41, 5.74) is 2.86. The van der Waals surface area contributed by atoms with Gasteiger partial charge in [0.25, 0.3) is 15.9 Å². The van der Waals surface area contributed by atoms with Crippen molar-refractivity contribution in [2.75, 3.05) is 24.4 Å². The van der Waals surface area contributed by atoms with Crippen LogP contribution in [0.2, 0.25) is 0 Å². The summed E-state index contributed by atoms with van der Waals surface area (Å²) in [6, 6.07) is 12.1. The van der Waals surface area contributed by atoms with Gasteiger partial charge in [-0.15, -0.1) is 0 Å². The van der Waals surface area contributed by atoms with Crippen LogP contribution in [0.3, 0.4) is 0 Å². The van der Waals surface area contributed by atoms with E-state index in [1.807, 2.05) is 24.8 Å². The van der Waals surface area contributed by atoms with Crippen LogP contribution in [-0.4, -0.2) is 39.4 Å². The van der Waals surface area contributed by atoms with Crippen molar-refractivity contribution in [3.05, 3.63) is 59.2 Å². The quantitative estimate of drug-likeness (QED) is 0.779. The number of carbonyl (C=O) groups is 1. The van der Waals surface area contributed by atoms with Crippen molar-refractivity contribution in [3.8, 4) is 0 Å². The van der Waals surface area contributed by atoms with Crippen LogP contribution in [0, 0.1) is 19.8 Å². The smallest absolute Gasteiger partial charge is 0.264 e. The maximum Gasteiger partial charge on any atom is 0.264 e. The average molecular weight is 401 g/mol. The number of rotatable bonds is 4. The van der Waals surface area contributed by atoms with Crippen LogP contribution >= 0.6 is 0 Å². The van der Waals surface area contributed by atoms with Crippen LogP contribution in [0.4, 0.5) is 5.69 Å². The van der Waals surface area contributed by atoms with Crippen LogP contribution in [0.15, 0.2) is 47.4 Å². The minimum Gasteiger partial charge on any atom is -0.338 e. The Morgan fingerprint density at radius 3 is 2.43 bits per heavy atom. The number of anilines is 1. The van der Waals surface area contributed by atoms with Gasteiger partial charge in [-0.25, -0.2) is 8.42 Å². The van der Waals surface area contributed by atoms with Crippen molar-refractivity contribution in [1.82, 2.24) is 4.90 Å². The van der Waals surface area contributed by atoms with Crippen molar-refractivity contribution < 1.29 is 13.2 Å². The van der Waals surface area contributed by atoms with Gasteiger partial charge in [0, 0.05) is 25.7 Å². The third kappa shape index (κ3) is 4.07. The van der Waals surface area contributed by atoms with E-state index in [1.54, 1.807) is 36.4 Å². The fourth-order valence-electron chi connectivity index (χ4n) is 3.64. The molecule has 0 saturated carbocycles. The van der Waals surface area contributed by atoms with Crippen LogP contribution in [-0.2, 0) is 10.0 Å². The molecule has 6 heteroatoms. The number of benzene rings is 2. The maximum atomic E-state index is 13.1. The Morgan fingerprint density at radius 1 is 1.11 bits per heavy atom. The molecule has 3 rings (SSSR count). The summed E-state index contributed by atoms with van der Waals surface area (Å²) in [6.07, 6.45) is 2.15. The Hall–Kier alpha value is -2.34. The van der Waals surface area contributed by atoms with Crippen molar-refractivity contribution in [1.29, 1.82) is 0 Å². The Bertz CT molecular complexity index is 968. The van der Waals surface area contributed by atoms with Crippen molar-refractivity contribution in [2.24, 2.45) is 5.92 Å². The van der Waals surface area contributed by atoms with Gasteiger partial charge in [-0.1, -0.05) is 30.7 Å². The van der Waals surface area contributed by atoms with Crippen molar-refractivity contribution >= 4 is 21.6 Å². The molecule has 2 aromatic rings. The molecule has 5 nitrogen and oxygen atoms in total. The summed E-state index contributed by atoms with van der Waals surface area (Å²) in [5.74, 6) is 0.459. The third-order valence-electron chi connectivity index (χ3n) is 5.42. The average Bonchev–Trinajstić information content (AvgIpc) is 2.67. The first-order valence-corrected chi connectivity index (χ1v) is 11.1. The SMILES string of the molecule is Cc1ccc(S(=O)(=O)N(C)c2cc(C(=O)N3CCC[C@@H](C)C3)ccc2C)cc1. The molecule has 1 fully saturated rings. The van der Waals surface area contributed by atoms with Gasteiger partial charge in [-0.2, -0.15) is 0 Å². The fraction of sp³-hybridized carbons (Fsp3) is 0.409. The van der Waals surface area contributed by atoms with E-state index in [1.165, 1.54) is 11.4 Å². The molecular formula is C22H28N2O3S. The number of piperidine rings is 1. The second-order valence-corrected chi connectivity index (χ2v) is 9.75. The lowest BCUT2D eigenvalue weighted by Gasteiger charge is -2.31. The molecule has 0 N–H and O–H groups in total. The predicted octanol–water partition coefficient (Wildman–Crippen LogP) is 4.00. The van der Waals surface area contributed by atoms with Crippen molar-refractivity contribution in [2.45, 2.75) is 38.5 Å². The number of amides is 1. The molecule has 1 aliphatic heterocycles. The predicted molar refractivity (Wildman–Crippen MR) is 112 cm³/mol. The summed E-state index contributed by atoms with van der Waals surface area (Å²) in [4.78, 5) is 15.1. The third-order valence-corrected chi connectivity index (χ3v) is 7.20. The normalized spacial score (nSPS) is 17.4. The zero-order chi connectivity index (χ0) is 20.5. The highest BCUT2D eigenvalue weighted by molar-refractivity contribution is 7.92. The number of nitrogens with zero attached hydrogens (tertiary/aromatic N) is 2. The monoisotopic (exact) mass is 400 g/mol. The number of sulfonamides is 1. The van der Waals surface area contributed by atoms with Crippen LogP contribution in [0.1, 0.15) is 41.3 Å². The zero-order valence-corrected chi connectivity index (χ0v) is 17.8. The van der Waals surface area contributed by atoms with E-state index in [0.29, 0.717) is 17.2 Å². The standard InChI is InChI=1S/C22H28N2O3S/c1-16-7-11-20(12-8-16)28(26,27)23(4)21-14-19(10-9-18(21)3)22(25)24-13-5-6-17(2)15-24/h7-12,14,17H,5-6,13,15H2,1-4H3/t17-/m1/s1. The Labute approximate surface area is 168 Å². The summed E-state index contributed by atoms with van der Waals surface area (Å²) in [6.45, 7) is 7.43. The molecule has 1 atom stereocenters. The van der Waals surface area contributed by atoms with Gasteiger partial charge in [-0.05, 0) is 62.4 Å². The second-order valence-electron chi connectivity index (χ2n) is 7.79. The number of hydrogen-bond acceptors (Lipinski definition) is 3. The first kappa shape index (κ1) is 20.4. The minimum absolute atomic E-state index is 0.0334. The summed E-state index contributed by atoms with van der Waals surface area (Å²) in [5, 5.41) is 0. The molecule has 0 aromatic heterocycles. The number of likely N-dealkylation sites (tertiary alicyclic amines) is 1. The fourth-order valence-corrected chi connectivity index (χ4v) is 4.89. The molecule has 0 aliphatic carbocycles. The lowest BCUT2D eigenvalue weighted by atomic mass is 9.99. The molecule has 2 aromatic carbocycles. The zero-order valence-electron chi connectivity index (χ0n) is 17.0. The molecule has 1 aliphatic rings. The van der Waals surface area contributed by atoms with E-state index in [2.05, 4.69) is 6.92 Å². The van der Waals surface area contributed by atoms with Gasteiger partial charge in [0.2, 0.25) is 0 Å². The summed E-state index contributed by atoms with van der Waals surface area (Å²) in [7, 11) is -2.16. The van der Waals surface area contributed by atoms with E-state index < -0.39 is 10.0 Å². The van der Waals surface area contributed by atoms with Crippen LogP contribution in [0.25, 0.3) is 0 Å². The molecule has 0 radical (unpaired) electrons. The largest absolute Gasteiger partial charge is 0.338 e. The first-order valence-electron chi connectivity index (χ1n) is 9.65. The topological polar surface area (TPSA) is 57.7 Å². The number of aryl methyl sites for hydroxylation is 2. The number of hydrogen-bond donors (Lipinski definition) is 0. The molecule has 1 heterocycles. The number of carbonyl (C=O) groups excluding carboxylic acids is 1.